The number of hydrogen-bond acceptors (Lipinski definition) is 4. The summed E-state index contributed by atoms with van der Waals surface area (Å²) in [7, 11) is 0. The van der Waals surface area contributed by atoms with Crippen LogP contribution in [0.3, 0.4) is 0 Å². The van der Waals surface area contributed by atoms with Gasteiger partial charge in [0.2, 0.25) is 0 Å². The normalized spacial score (nSPS) is 10.1. The number of nitrogens with one attached hydrogen (secondary N) is 1. The second-order valence-corrected chi connectivity index (χ2v) is 4.63. The molecule has 1 heterocycles. The van der Waals surface area contributed by atoms with Gasteiger partial charge in [-0.2, -0.15) is 0 Å². The van der Waals surface area contributed by atoms with Crippen molar-refractivity contribution < 1.29 is 9.53 Å². The Morgan fingerprint density at radius 2 is 2.10 bits per heavy atom. The van der Waals surface area contributed by atoms with E-state index in [2.05, 4.69) is 17.2 Å². The van der Waals surface area contributed by atoms with Crippen molar-refractivity contribution in [2.75, 3.05) is 11.9 Å². The first-order valence-corrected chi connectivity index (χ1v) is 6.91. The molecular formula is C16H19N3O2. The maximum absolute atomic E-state index is 11.3. The second kappa shape index (κ2) is 7.28. The molecule has 0 atom stereocenters. The van der Waals surface area contributed by atoms with Gasteiger partial charge in [-0.05, 0) is 24.6 Å². The zero-order chi connectivity index (χ0) is 15.1. The number of pyridine rings is 1. The molecule has 3 N–H and O–H groups in total. The number of amides is 1. The fourth-order valence-electron chi connectivity index (χ4n) is 1.82. The van der Waals surface area contributed by atoms with Crippen LogP contribution in [0.4, 0.5) is 5.82 Å². The predicted octanol–water partition coefficient (Wildman–Crippen LogP) is 2.58. The Hall–Kier alpha value is -2.56. The monoisotopic (exact) mass is 285 g/mol. The average molecular weight is 285 g/mol. The summed E-state index contributed by atoms with van der Waals surface area (Å²) in [5.74, 6) is 0.833. The molecule has 0 fully saturated rings. The number of primary amides is 1. The second-order valence-electron chi connectivity index (χ2n) is 4.63. The van der Waals surface area contributed by atoms with Crippen molar-refractivity contribution >= 4 is 11.7 Å². The molecule has 0 spiro atoms. The topological polar surface area (TPSA) is 77.2 Å². The van der Waals surface area contributed by atoms with E-state index in [-0.39, 0.29) is 0 Å². The van der Waals surface area contributed by atoms with Crippen LogP contribution in [0, 0.1) is 0 Å². The molecule has 0 saturated carbocycles. The molecule has 2 rings (SSSR count). The first-order chi connectivity index (χ1) is 10.2. The summed E-state index contributed by atoms with van der Waals surface area (Å²) in [5.41, 5.74) is 6.62. The Balaban J connectivity index is 1.98. The molecule has 2 aromatic rings. The van der Waals surface area contributed by atoms with E-state index < -0.39 is 5.91 Å². The summed E-state index contributed by atoms with van der Waals surface area (Å²) in [6, 6.07) is 10.8. The van der Waals surface area contributed by atoms with Crippen LogP contribution in [0.2, 0.25) is 0 Å². The number of para-hydroxylation sites is 1. The number of carbonyl (C=O) groups is 1. The number of nitrogens with zero attached hydrogens (tertiary/aromatic N) is 1. The highest BCUT2D eigenvalue weighted by Gasteiger charge is 2.08. The van der Waals surface area contributed by atoms with Gasteiger partial charge in [-0.1, -0.05) is 25.1 Å². The van der Waals surface area contributed by atoms with Gasteiger partial charge in [0, 0.05) is 18.3 Å². The van der Waals surface area contributed by atoms with Crippen molar-refractivity contribution in [3.8, 4) is 5.75 Å². The molecule has 0 aliphatic heterocycles. The Morgan fingerprint density at radius 1 is 1.29 bits per heavy atom. The summed E-state index contributed by atoms with van der Waals surface area (Å²) < 4.78 is 5.64. The van der Waals surface area contributed by atoms with Crippen LogP contribution in [-0.4, -0.2) is 17.4 Å². The van der Waals surface area contributed by atoms with Gasteiger partial charge in [-0.25, -0.2) is 4.98 Å². The number of anilines is 1. The first-order valence-electron chi connectivity index (χ1n) is 6.91. The van der Waals surface area contributed by atoms with E-state index in [1.807, 2.05) is 12.1 Å². The van der Waals surface area contributed by atoms with E-state index >= 15 is 0 Å². The van der Waals surface area contributed by atoms with E-state index in [0.717, 1.165) is 24.3 Å². The largest absolute Gasteiger partial charge is 0.488 e. The average Bonchev–Trinajstić information content (AvgIpc) is 2.52. The number of benzene rings is 1. The van der Waals surface area contributed by atoms with Crippen LogP contribution in [0.15, 0.2) is 42.6 Å². The number of rotatable bonds is 7. The number of ether oxygens (including phenoxy) is 1. The smallest absolute Gasteiger partial charge is 0.252 e. The molecule has 5 heteroatoms. The van der Waals surface area contributed by atoms with Crippen molar-refractivity contribution in [3.05, 3.63) is 53.7 Å². The van der Waals surface area contributed by atoms with Crippen molar-refractivity contribution in [2.45, 2.75) is 20.0 Å². The molecule has 1 aromatic carbocycles. The number of hydrogen-bond donors (Lipinski definition) is 2. The molecule has 0 unspecified atom stereocenters. The lowest BCUT2D eigenvalue weighted by atomic mass is 10.2. The highest BCUT2D eigenvalue weighted by atomic mass is 16.5. The SMILES string of the molecule is CCCNc1ccc(COc2ccccc2C(N)=O)cn1. The molecular weight excluding hydrogens is 266 g/mol. The zero-order valence-electron chi connectivity index (χ0n) is 12.0. The highest BCUT2D eigenvalue weighted by molar-refractivity contribution is 5.95. The molecule has 0 bridgehead atoms. The Bertz CT molecular complexity index is 597. The summed E-state index contributed by atoms with van der Waals surface area (Å²) in [4.78, 5) is 15.6. The van der Waals surface area contributed by atoms with Gasteiger partial charge in [0.05, 0.1) is 5.56 Å². The fourth-order valence-corrected chi connectivity index (χ4v) is 1.82. The van der Waals surface area contributed by atoms with Gasteiger partial charge in [-0.15, -0.1) is 0 Å². The predicted molar refractivity (Wildman–Crippen MR) is 82.3 cm³/mol. The van der Waals surface area contributed by atoms with Gasteiger partial charge in [0.1, 0.15) is 18.2 Å². The van der Waals surface area contributed by atoms with E-state index in [4.69, 9.17) is 10.5 Å². The highest BCUT2D eigenvalue weighted by Crippen LogP contribution is 2.18. The Morgan fingerprint density at radius 3 is 2.76 bits per heavy atom. The summed E-state index contributed by atoms with van der Waals surface area (Å²) in [6.07, 6.45) is 2.81. The summed E-state index contributed by atoms with van der Waals surface area (Å²) in [5, 5.41) is 3.21. The van der Waals surface area contributed by atoms with Crippen LogP contribution >= 0.6 is 0 Å². The van der Waals surface area contributed by atoms with Crippen LogP contribution in [0.1, 0.15) is 29.3 Å². The molecule has 0 aliphatic rings. The molecule has 0 aliphatic carbocycles. The maximum atomic E-state index is 11.3. The number of carbonyl (C=O) groups excluding carboxylic acids is 1. The van der Waals surface area contributed by atoms with Crippen molar-refractivity contribution in [3.63, 3.8) is 0 Å². The minimum Gasteiger partial charge on any atom is -0.488 e. The van der Waals surface area contributed by atoms with Crippen molar-refractivity contribution in [2.24, 2.45) is 5.73 Å². The third-order valence-electron chi connectivity index (χ3n) is 2.93. The van der Waals surface area contributed by atoms with Crippen LogP contribution in [0.5, 0.6) is 5.75 Å². The Kier molecular flexibility index (Phi) is 5.15. The molecule has 0 saturated heterocycles. The summed E-state index contributed by atoms with van der Waals surface area (Å²) in [6.45, 7) is 3.34. The number of aromatic nitrogens is 1. The van der Waals surface area contributed by atoms with Gasteiger partial charge in [0.25, 0.3) is 5.91 Å². The number of nitrogens with two attached hydrogens (primary N) is 1. The summed E-state index contributed by atoms with van der Waals surface area (Å²) >= 11 is 0. The first kappa shape index (κ1) is 14.8. The fraction of sp³-hybridized carbons (Fsp3) is 0.250. The van der Waals surface area contributed by atoms with Crippen molar-refractivity contribution in [1.29, 1.82) is 0 Å². The minimum absolute atomic E-state index is 0.339. The standard InChI is InChI=1S/C16H19N3O2/c1-2-9-18-15-8-7-12(10-19-15)11-21-14-6-4-3-5-13(14)16(17)20/h3-8,10H,2,9,11H2,1H3,(H2,17,20)(H,18,19). The maximum Gasteiger partial charge on any atom is 0.252 e. The van der Waals surface area contributed by atoms with E-state index in [1.165, 1.54) is 0 Å². The molecule has 21 heavy (non-hydrogen) atoms. The van der Waals surface area contributed by atoms with E-state index in [0.29, 0.717) is 17.9 Å². The van der Waals surface area contributed by atoms with Crippen LogP contribution in [0.25, 0.3) is 0 Å². The molecule has 1 aromatic heterocycles. The van der Waals surface area contributed by atoms with Crippen molar-refractivity contribution in [1.82, 2.24) is 4.98 Å². The Labute approximate surface area is 124 Å². The van der Waals surface area contributed by atoms with Crippen LogP contribution < -0.4 is 15.8 Å². The molecule has 1 amide bonds. The third kappa shape index (κ3) is 4.21. The quantitative estimate of drug-likeness (QED) is 0.819. The molecule has 0 radical (unpaired) electrons. The van der Waals surface area contributed by atoms with Crippen LogP contribution in [-0.2, 0) is 6.61 Å². The van der Waals surface area contributed by atoms with E-state index in [9.17, 15) is 4.79 Å². The van der Waals surface area contributed by atoms with Gasteiger partial charge < -0.3 is 15.8 Å². The molecule has 5 nitrogen and oxygen atoms in total. The third-order valence-corrected chi connectivity index (χ3v) is 2.93. The minimum atomic E-state index is -0.497. The van der Waals surface area contributed by atoms with Gasteiger partial charge >= 0.3 is 0 Å². The lowest BCUT2D eigenvalue weighted by Gasteiger charge is -2.10. The molecule has 110 valence electrons. The van der Waals surface area contributed by atoms with E-state index in [1.54, 1.807) is 30.5 Å². The van der Waals surface area contributed by atoms with Gasteiger partial charge in [0.15, 0.2) is 0 Å². The lowest BCUT2D eigenvalue weighted by Crippen LogP contribution is -2.13. The lowest BCUT2D eigenvalue weighted by molar-refractivity contribution is 0.0996. The van der Waals surface area contributed by atoms with Gasteiger partial charge in [-0.3, -0.25) is 4.79 Å². The zero-order valence-corrected chi connectivity index (χ0v) is 12.0.